The van der Waals surface area contributed by atoms with Crippen molar-refractivity contribution in [2.24, 2.45) is 11.7 Å². The van der Waals surface area contributed by atoms with Crippen LogP contribution in [-0.4, -0.2) is 40.1 Å². The van der Waals surface area contributed by atoms with E-state index in [0.717, 1.165) is 19.3 Å². The van der Waals surface area contributed by atoms with Gasteiger partial charge in [-0.2, -0.15) is 0 Å². The Hall–Kier alpha value is -0.610. The van der Waals surface area contributed by atoms with Gasteiger partial charge in [-0.25, -0.2) is 0 Å². The number of nitrogens with zero attached hydrogens (tertiary/aromatic N) is 1. The molecule has 2 atom stereocenters. The molecule has 0 radical (unpaired) electrons. The Morgan fingerprint density at radius 1 is 1.41 bits per heavy atom. The van der Waals surface area contributed by atoms with Crippen LogP contribution in [0.25, 0.3) is 0 Å². The van der Waals surface area contributed by atoms with Crippen LogP contribution in [0.15, 0.2) is 0 Å². The summed E-state index contributed by atoms with van der Waals surface area (Å²) >= 11 is 0. The Bertz CT molecular complexity index is 311. The largest absolute Gasteiger partial charge is 0.389 e. The molecule has 1 heterocycles. The molecule has 2 unspecified atom stereocenters. The van der Waals surface area contributed by atoms with Crippen molar-refractivity contribution in [2.75, 3.05) is 13.1 Å². The molecule has 2 aliphatic rings. The molecule has 3 N–H and O–H groups in total. The highest BCUT2D eigenvalue weighted by molar-refractivity contribution is 5.85. The third-order valence-corrected chi connectivity index (χ3v) is 4.27. The summed E-state index contributed by atoms with van der Waals surface area (Å²) in [7, 11) is 0. The summed E-state index contributed by atoms with van der Waals surface area (Å²) in [6.07, 6.45) is 4.92. The van der Waals surface area contributed by atoms with Gasteiger partial charge >= 0.3 is 0 Å². The molecule has 0 aromatic heterocycles. The van der Waals surface area contributed by atoms with Crippen molar-refractivity contribution < 1.29 is 9.90 Å². The Morgan fingerprint density at radius 2 is 2.12 bits per heavy atom. The van der Waals surface area contributed by atoms with Crippen molar-refractivity contribution >= 4 is 5.91 Å². The quantitative estimate of drug-likeness (QED) is 0.715. The second kappa shape index (κ2) is 4.25. The lowest BCUT2D eigenvalue weighted by Gasteiger charge is -2.48. The second-order valence-corrected chi connectivity index (χ2v) is 6.27. The van der Waals surface area contributed by atoms with Gasteiger partial charge < -0.3 is 15.7 Å². The number of hydrogen-bond donors (Lipinski definition) is 2. The van der Waals surface area contributed by atoms with Gasteiger partial charge in [0.05, 0.1) is 11.1 Å². The van der Waals surface area contributed by atoms with E-state index in [1.54, 1.807) is 13.8 Å². The highest BCUT2D eigenvalue weighted by Crippen LogP contribution is 2.39. The van der Waals surface area contributed by atoms with Gasteiger partial charge in [-0.05, 0) is 33.1 Å². The Morgan fingerprint density at radius 3 is 2.76 bits per heavy atom. The molecule has 1 aliphatic carbocycles. The van der Waals surface area contributed by atoms with Gasteiger partial charge in [0.25, 0.3) is 0 Å². The van der Waals surface area contributed by atoms with Crippen molar-refractivity contribution in [1.29, 1.82) is 0 Å². The molecule has 1 amide bonds. The molecule has 2 fully saturated rings. The van der Waals surface area contributed by atoms with Crippen LogP contribution in [0.4, 0.5) is 0 Å². The molecular formula is C13H24N2O2. The van der Waals surface area contributed by atoms with Crippen LogP contribution in [0.5, 0.6) is 0 Å². The maximum absolute atomic E-state index is 12.1. The average Bonchev–Trinajstić information content (AvgIpc) is 2.25. The van der Waals surface area contributed by atoms with E-state index in [2.05, 4.69) is 0 Å². The predicted octanol–water partition coefficient (Wildman–Crippen LogP) is 0.877. The van der Waals surface area contributed by atoms with Crippen molar-refractivity contribution in [2.45, 2.75) is 57.1 Å². The van der Waals surface area contributed by atoms with Gasteiger partial charge in [0.2, 0.25) is 5.91 Å². The van der Waals surface area contributed by atoms with Gasteiger partial charge in [0, 0.05) is 19.0 Å². The van der Waals surface area contributed by atoms with E-state index in [1.165, 1.54) is 6.42 Å². The summed E-state index contributed by atoms with van der Waals surface area (Å²) < 4.78 is 0. The van der Waals surface area contributed by atoms with Crippen molar-refractivity contribution in [3.8, 4) is 0 Å². The summed E-state index contributed by atoms with van der Waals surface area (Å²) in [6.45, 7) is 4.82. The number of hydrogen-bond acceptors (Lipinski definition) is 3. The number of nitrogens with two attached hydrogens (primary N) is 1. The van der Waals surface area contributed by atoms with E-state index in [1.807, 2.05) is 4.90 Å². The first-order chi connectivity index (χ1) is 7.83. The summed E-state index contributed by atoms with van der Waals surface area (Å²) in [5.74, 6) is 0.251. The van der Waals surface area contributed by atoms with Gasteiger partial charge in [-0.3, -0.25) is 4.79 Å². The first-order valence-corrected chi connectivity index (χ1v) is 6.63. The van der Waals surface area contributed by atoms with E-state index in [0.29, 0.717) is 19.5 Å². The fourth-order valence-electron chi connectivity index (χ4n) is 3.16. The molecule has 17 heavy (non-hydrogen) atoms. The molecule has 0 aromatic rings. The highest BCUT2D eigenvalue weighted by atomic mass is 16.3. The number of fused-ring (bicyclic) bond motifs is 1. The standard InChI is InChI=1S/C13H24N2O2/c1-12(2,14)11(16)15-8-7-13(17)6-4-3-5-10(13)9-15/h10,17H,3-9,14H2,1-2H3. The maximum atomic E-state index is 12.1. The minimum Gasteiger partial charge on any atom is -0.389 e. The highest BCUT2D eigenvalue weighted by Gasteiger charge is 2.44. The fourth-order valence-corrected chi connectivity index (χ4v) is 3.16. The minimum atomic E-state index is -0.801. The number of carbonyl (C=O) groups excluding carboxylic acids is 1. The number of amides is 1. The lowest BCUT2D eigenvalue weighted by Crippen LogP contribution is -2.59. The average molecular weight is 240 g/mol. The van der Waals surface area contributed by atoms with Crippen molar-refractivity contribution in [3.05, 3.63) is 0 Å². The molecule has 0 bridgehead atoms. The first kappa shape index (κ1) is 12.8. The molecule has 4 nitrogen and oxygen atoms in total. The molecular weight excluding hydrogens is 216 g/mol. The van der Waals surface area contributed by atoms with Gasteiger partial charge in [-0.1, -0.05) is 12.8 Å². The zero-order valence-electron chi connectivity index (χ0n) is 10.9. The third-order valence-electron chi connectivity index (χ3n) is 4.27. The normalized spacial score (nSPS) is 34.4. The zero-order valence-corrected chi connectivity index (χ0v) is 10.9. The van der Waals surface area contributed by atoms with Crippen LogP contribution in [-0.2, 0) is 4.79 Å². The summed E-state index contributed by atoms with van der Waals surface area (Å²) in [4.78, 5) is 14.0. The smallest absolute Gasteiger partial charge is 0.242 e. The van der Waals surface area contributed by atoms with Crippen LogP contribution in [0.2, 0.25) is 0 Å². The molecule has 0 spiro atoms. The molecule has 0 aromatic carbocycles. The van der Waals surface area contributed by atoms with Gasteiger partial charge in [-0.15, -0.1) is 0 Å². The van der Waals surface area contributed by atoms with Crippen LogP contribution in [0, 0.1) is 5.92 Å². The second-order valence-electron chi connectivity index (χ2n) is 6.27. The molecule has 1 saturated carbocycles. The van der Waals surface area contributed by atoms with Crippen molar-refractivity contribution in [1.82, 2.24) is 4.90 Å². The van der Waals surface area contributed by atoms with E-state index in [4.69, 9.17) is 5.73 Å². The lowest BCUT2D eigenvalue weighted by molar-refractivity contribution is -0.147. The Balaban J connectivity index is 2.05. The number of rotatable bonds is 1. The van der Waals surface area contributed by atoms with Crippen LogP contribution < -0.4 is 5.73 Å². The van der Waals surface area contributed by atoms with E-state index >= 15 is 0 Å². The third kappa shape index (κ3) is 2.47. The van der Waals surface area contributed by atoms with Crippen molar-refractivity contribution in [3.63, 3.8) is 0 Å². The zero-order chi connectivity index (χ0) is 12.7. The van der Waals surface area contributed by atoms with Crippen LogP contribution in [0.1, 0.15) is 46.0 Å². The van der Waals surface area contributed by atoms with Crippen LogP contribution >= 0.6 is 0 Å². The predicted molar refractivity (Wildman–Crippen MR) is 66.4 cm³/mol. The number of likely N-dealkylation sites (tertiary alicyclic amines) is 1. The maximum Gasteiger partial charge on any atom is 0.242 e. The van der Waals surface area contributed by atoms with Gasteiger partial charge in [0.15, 0.2) is 0 Å². The fraction of sp³-hybridized carbons (Fsp3) is 0.923. The molecule has 4 heteroatoms. The number of piperidine rings is 1. The molecule has 1 aliphatic heterocycles. The molecule has 98 valence electrons. The van der Waals surface area contributed by atoms with E-state index in [9.17, 15) is 9.90 Å². The first-order valence-electron chi connectivity index (χ1n) is 6.63. The Kier molecular flexibility index (Phi) is 3.21. The monoisotopic (exact) mass is 240 g/mol. The number of carbonyl (C=O) groups is 1. The summed E-state index contributed by atoms with van der Waals surface area (Å²) in [5.41, 5.74) is 4.54. The topological polar surface area (TPSA) is 66.6 Å². The van der Waals surface area contributed by atoms with Crippen LogP contribution in [0.3, 0.4) is 0 Å². The lowest BCUT2D eigenvalue weighted by atomic mass is 9.71. The number of aliphatic hydroxyl groups is 1. The molecule has 1 saturated heterocycles. The van der Waals surface area contributed by atoms with E-state index < -0.39 is 11.1 Å². The molecule has 2 rings (SSSR count). The van der Waals surface area contributed by atoms with Gasteiger partial charge in [0.1, 0.15) is 0 Å². The Labute approximate surface area is 103 Å². The summed E-state index contributed by atoms with van der Waals surface area (Å²) in [6, 6.07) is 0. The SMILES string of the molecule is CC(C)(N)C(=O)N1CCC2(O)CCCCC2C1. The minimum absolute atomic E-state index is 0.00474. The van der Waals surface area contributed by atoms with E-state index in [-0.39, 0.29) is 11.8 Å². The summed E-state index contributed by atoms with van der Waals surface area (Å²) in [5, 5.41) is 10.5.